The third-order valence-electron chi connectivity index (χ3n) is 3.69. The summed E-state index contributed by atoms with van der Waals surface area (Å²) < 4.78 is 0. The van der Waals surface area contributed by atoms with Crippen LogP contribution >= 0.6 is 23.5 Å². The van der Waals surface area contributed by atoms with E-state index in [9.17, 15) is 9.90 Å². The third kappa shape index (κ3) is 3.75. The number of Topliss-reactive ketones (excluding diaryl/α,β-unsaturated/α-hetero) is 1. The average Bonchev–Trinajstić information content (AvgIpc) is 2.59. The Bertz CT molecular complexity index is 655. The summed E-state index contributed by atoms with van der Waals surface area (Å²) in [7, 11) is 0. The Kier molecular flexibility index (Phi) is 5.24. The normalized spacial score (nSPS) is 15.1. The highest BCUT2D eigenvalue weighted by atomic mass is 32.2. The highest BCUT2D eigenvalue weighted by Crippen LogP contribution is 2.38. The number of aliphatic hydroxyl groups is 1. The van der Waals surface area contributed by atoms with E-state index in [4.69, 9.17) is 0 Å². The summed E-state index contributed by atoms with van der Waals surface area (Å²) in [4.78, 5) is 14.6. The van der Waals surface area contributed by atoms with Gasteiger partial charge in [0, 0.05) is 33.3 Å². The van der Waals surface area contributed by atoms with Crippen LogP contribution in [-0.2, 0) is 0 Å². The third-order valence-corrected chi connectivity index (χ3v) is 6.21. The molecule has 0 aromatic heterocycles. The minimum Gasteiger partial charge on any atom is -0.388 e. The predicted octanol–water partition coefficient (Wildman–Crippen LogP) is 4.58. The summed E-state index contributed by atoms with van der Waals surface area (Å²) in [6.07, 6.45) is 0.250. The van der Waals surface area contributed by atoms with Crippen LogP contribution in [0.15, 0.2) is 58.3 Å². The van der Waals surface area contributed by atoms with Gasteiger partial charge in [-0.05, 0) is 24.1 Å². The first-order valence-electron chi connectivity index (χ1n) is 7.40. The van der Waals surface area contributed by atoms with E-state index >= 15 is 0 Å². The van der Waals surface area contributed by atoms with E-state index in [1.807, 2.05) is 59.9 Å². The molecule has 4 heteroatoms. The zero-order valence-corrected chi connectivity index (χ0v) is 13.8. The number of aliphatic hydroxyl groups excluding tert-OH is 1. The Labute approximate surface area is 139 Å². The molecule has 0 bridgehead atoms. The molecule has 1 atom stereocenters. The van der Waals surface area contributed by atoms with Crippen LogP contribution in [0.2, 0.25) is 0 Å². The number of carbonyl (C=O) groups is 1. The van der Waals surface area contributed by atoms with Crippen molar-refractivity contribution in [3.8, 4) is 0 Å². The molecule has 2 aromatic carbocycles. The van der Waals surface area contributed by atoms with Gasteiger partial charge in [0.1, 0.15) is 0 Å². The summed E-state index contributed by atoms with van der Waals surface area (Å²) in [6, 6.07) is 15.4. The zero-order chi connectivity index (χ0) is 15.4. The lowest BCUT2D eigenvalue weighted by atomic mass is 10.0. The van der Waals surface area contributed by atoms with Crippen LogP contribution < -0.4 is 0 Å². The van der Waals surface area contributed by atoms with Crippen molar-refractivity contribution in [2.24, 2.45) is 0 Å². The van der Waals surface area contributed by atoms with Crippen LogP contribution in [0.25, 0.3) is 0 Å². The molecule has 0 spiro atoms. The lowest BCUT2D eigenvalue weighted by molar-refractivity contribution is 0.0940. The monoisotopic (exact) mass is 330 g/mol. The molecular weight excluding hydrogens is 312 g/mol. The van der Waals surface area contributed by atoms with E-state index in [0.717, 1.165) is 17.1 Å². The standard InChI is InChI=1S/C18H18O2S2/c19-15(13-4-2-1-3-5-13)7-8-16(20)14-6-9-17-18(12-14)22-11-10-21-17/h1-6,9,12,16,20H,7-8,10-11H2. The zero-order valence-electron chi connectivity index (χ0n) is 12.2. The van der Waals surface area contributed by atoms with Gasteiger partial charge in [0.2, 0.25) is 0 Å². The molecule has 0 saturated heterocycles. The van der Waals surface area contributed by atoms with Crippen LogP contribution in [0.5, 0.6) is 0 Å². The molecule has 0 fully saturated rings. The second kappa shape index (κ2) is 7.36. The van der Waals surface area contributed by atoms with Crippen molar-refractivity contribution in [3.63, 3.8) is 0 Å². The molecule has 0 aliphatic carbocycles. The van der Waals surface area contributed by atoms with Crippen molar-refractivity contribution in [2.75, 3.05) is 11.5 Å². The Balaban J connectivity index is 1.62. The number of rotatable bonds is 5. The minimum atomic E-state index is -0.578. The van der Waals surface area contributed by atoms with E-state index in [0.29, 0.717) is 18.4 Å². The number of carbonyl (C=O) groups excluding carboxylic acids is 1. The van der Waals surface area contributed by atoms with Crippen molar-refractivity contribution >= 4 is 29.3 Å². The van der Waals surface area contributed by atoms with Crippen molar-refractivity contribution < 1.29 is 9.90 Å². The summed E-state index contributed by atoms with van der Waals surface area (Å²) in [5.74, 6) is 2.34. The van der Waals surface area contributed by atoms with Gasteiger partial charge in [0.15, 0.2) is 5.78 Å². The maximum absolute atomic E-state index is 12.1. The molecule has 1 aliphatic heterocycles. The van der Waals surface area contributed by atoms with E-state index in [1.165, 1.54) is 9.79 Å². The molecule has 0 saturated carbocycles. The molecular formula is C18H18O2S2. The van der Waals surface area contributed by atoms with Gasteiger partial charge in [0.25, 0.3) is 0 Å². The SMILES string of the molecule is O=C(CCC(O)c1ccc2c(c1)SCCS2)c1ccccc1. The minimum absolute atomic E-state index is 0.0857. The van der Waals surface area contributed by atoms with Crippen LogP contribution in [0.1, 0.15) is 34.9 Å². The summed E-state index contributed by atoms with van der Waals surface area (Å²) in [5, 5.41) is 10.3. The van der Waals surface area contributed by atoms with Crippen molar-refractivity contribution in [2.45, 2.75) is 28.7 Å². The second-order valence-electron chi connectivity index (χ2n) is 5.25. The Morgan fingerprint density at radius 1 is 1.05 bits per heavy atom. The van der Waals surface area contributed by atoms with Crippen LogP contribution in [-0.4, -0.2) is 22.4 Å². The summed E-state index contributed by atoms with van der Waals surface area (Å²) >= 11 is 3.71. The molecule has 114 valence electrons. The molecule has 0 amide bonds. The van der Waals surface area contributed by atoms with Gasteiger partial charge >= 0.3 is 0 Å². The lowest BCUT2D eigenvalue weighted by Gasteiger charge is -2.17. The van der Waals surface area contributed by atoms with E-state index < -0.39 is 6.10 Å². The van der Waals surface area contributed by atoms with Gasteiger partial charge in [0.05, 0.1) is 6.10 Å². The van der Waals surface area contributed by atoms with Crippen molar-refractivity contribution in [3.05, 3.63) is 59.7 Å². The Morgan fingerprint density at radius 2 is 1.77 bits per heavy atom. The van der Waals surface area contributed by atoms with Gasteiger partial charge in [-0.1, -0.05) is 36.4 Å². The predicted molar refractivity (Wildman–Crippen MR) is 92.9 cm³/mol. The van der Waals surface area contributed by atoms with E-state index in [1.54, 1.807) is 0 Å². The molecule has 22 heavy (non-hydrogen) atoms. The number of thioether (sulfide) groups is 2. The molecule has 3 rings (SSSR count). The number of benzene rings is 2. The topological polar surface area (TPSA) is 37.3 Å². The fourth-order valence-electron chi connectivity index (χ4n) is 2.47. The first kappa shape index (κ1) is 15.7. The number of ketones is 1. The van der Waals surface area contributed by atoms with Crippen molar-refractivity contribution in [1.82, 2.24) is 0 Å². The quantitative estimate of drug-likeness (QED) is 0.814. The van der Waals surface area contributed by atoms with Crippen LogP contribution in [0.4, 0.5) is 0 Å². The molecule has 0 radical (unpaired) electrons. The molecule has 2 aromatic rings. The van der Waals surface area contributed by atoms with E-state index in [-0.39, 0.29) is 5.78 Å². The highest BCUT2D eigenvalue weighted by Gasteiger charge is 2.15. The summed E-state index contributed by atoms with van der Waals surface area (Å²) in [5.41, 5.74) is 1.63. The van der Waals surface area contributed by atoms with Crippen LogP contribution in [0.3, 0.4) is 0 Å². The second-order valence-corrected chi connectivity index (χ2v) is 7.52. The average molecular weight is 330 g/mol. The smallest absolute Gasteiger partial charge is 0.162 e. The summed E-state index contributed by atoms with van der Waals surface area (Å²) in [6.45, 7) is 0. The maximum atomic E-state index is 12.1. The number of fused-ring (bicyclic) bond motifs is 1. The van der Waals surface area contributed by atoms with Gasteiger partial charge in [-0.3, -0.25) is 4.79 Å². The highest BCUT2D eigenvalue weighted by molar-refractivity contribution is 8.05. The largest absolute Gasteiger partial charge is 0.388 e. The number of hydrogen-bond acceptors (Lipinski definition) is 4. The fourth-order valence-corrected chi connectivity index (χ4v) is 4.73. The molecule has 2 nitrogen and oxygen atoms in total. The molecule has 1 aliphatic rings. The number of hydrogen-bond donors (Lipinski definition) is 1. The van der Waals surface area contributed by atoms with Gasteiger partial charge < -0.3 is 5.11 Å². The molecule has 1 unspecified atom stereocenters. The Hall–Kier alpha value is -1.23. The van der Waals surface area contributed by atoms with E-state index in [2.05, 4.69) is 12.1 Å². The lowest BCUT2D eigenvalue weighted by Crippen LogP contribution is -2.05. The Morgan fingerprint density at radius 3 is 2.55 bits per heavy atom. The van der Waals surface area contributed by atoms with Gasteiger partial charge in [-0.25, -0.2) is 0 Å². The maximum Gasteiger partial charge on any atom is 0.162 e. The fraction of sp³-hybridized carbons (Fsp3) is 0.278. The van der Waals surface area contributed by atoms with Gasteiger partial charge in [-0.2, -0.15) is 0 Å². The molecule has 1 heterocycles. The first-order chi connectivity index (χ1) is 10.7. The van der Waals surface area contributed by atoms with Crippen LogP contribution in [0, 0.1) is 0 Å². The van der Waals surface area contributed by atoms with Gasteiger partial charge in [-0.15, -0.1) is 23.5 Å². The molecule has 1 N–H and O–H groups in total. The first-order valence-corrected chi connectivity index (χ1v) is 9.37. The van der Waals surface area contributed by atoms with Crippen molar-refractivity contribution in [1.29, 1.82) is 0 Å².